The van der Waals surface area contributed by atoms with E-state index in [0.717, 1.165) is 12.0 Å². The molecule has 0 spiro atoms. The van der Waals surface area contributed by atoms with Crippen molar-refractivity contribution in [2.75, 3.05) is 14.2 Å². The highest BCUT2D eigenvalue weighted by Gasteiger charge is 2.25. The number of rotatable bonds is 2. The molecule has 2 nitrogen and oxygen atoms in total. The molecule has 0 heterocycles. The number of fused-ring (bicyclic) bond motifs is 1. The molecule has 1 unspecified atom stereocenters. The number of methoxy groups -OCH3 is 2. The van der Waals surface area contributed by atoms with E-state index in [1.165, 1.54) is 7.11 Å². The molecule has 16 heavy (non-hydrogen) atoms. The molecule has 0 fully saturated rings. The minimum Gasteiger partial charge on any atom is -0.494 e. The molecule has 2 rings (SSSR count). The van der Waals surface area contributed by atoms with Crippen LogP contribution >= 0.6 is 0 Å². The molecule has 88 valence electrons. The molecule has 1 aliphatic rings. The Kier molecular flexibility index (Phi) is 3.10. The van der Waals surface area contributed by atoms with Crippen LogP contribution in [0, 0.1) is 11.6 Å². The van der Waals surface area contributed by atoms with Crippen LogP contribution in [0.15, 0.2) is 6.07 Å². The molecule has 0 aromatic heterocycles. The predicted molar refractivity (Wildman–Crippen MR) is 55.7 cm³/mol. The Morgan fingerprint density at radius 3 is 2.62 bits per heavy atom. The minimum atomic E-state index is -0.905. The van der Waals surface area contributed by atoms with Gasteiger partial charge in [-0.1, -0.05) is 0 Å². The first-order chi connectivity index (χ1) is 7.67. The number of hydrogen-bond acceptors (Lipinski definition) is 2. The molecule has 1 atom stereocenters. The van der Waals surface area contributed by atoms with Gasteiger partial charge in [-0.05, 0) is 30.0 Å². The van der Waals surface area contributed by atoms with E-state index >= 15 is 0 Å². The molecule has 0 amide bonds. The van der Waals surface area contributed by atoms with Gasteiger partial charge in [-0.15, -0.1) is 0 Å². The zero-order valence-corrected chi connectivity index (χ0v) is 9.35. The maximum Gasteiger partial charge on any atom is 0.200 e. The second kappa shape index (κ2) is 4.37. The van der Waals surface area contributed by atoms with Crippen LogP contribution in [0.25, 0.3) is 0 Å². The van der Waals surface area contributed by atoms with Crippen molar-refractivity contribution in [1.29, 1.82) is 0 Å². The lowest BCUT2D eigenvalue weighted by atomic mass is 9.89. The summed E-state index contributed by atoms with van der Waals surface area (Å²) in [5.41, 5.74) is 1.25. The van der Waals surface area contributed by atoms with Crippen LogP contribution in [0.5, 0.6) is 5.75 Å². The molecule has 0 bridgehead atoms. The fourth-order valence-electron chi connectivity index (χ4n) is 2.13. The van der Waals surface area contributed by atoms with Crippen LogP contribution in [-0.2, 0) is 17.6 Å². The van der Waals surface area contributed by atoms with Gasteiger partial charge >= 0.3 is 0 Å². The fourth-order valence-corrected chi connectivity index (χ4v) is 2.13. The lowest BCUT2D eigenvalue weighted by Crippen LogP contribution is -2.22. The van der Waals surface area contributed by atoms with Gasteiger partial charge in [0.15, 0.2) is 11.6 Å². The van der Waals surface area contributed by atoms with Gasteiger partial charge in [0.1, 0.15) is 0 Å². The average Bonchev–Trinajstić information content (AvgIpc) is 2.33. The van der Waals surface area contributed by atoms with Crippen molar-refractivity contribution in [2.24, 2.45) is 0 Å². The van der Waals surface area contributed by atoms with Crippen LogP contribution in [0.1, 0.15) is 17.5 Å². The van der Waals surface area contributed by atoms with Crippen molar-refractivity contribution in [2.45, 2.75) is 25.4 Å². The molecule has 0 saturated carbocycles. The average molecular weight is 228 g/mol. The van der Waals surface area contributed by atoms with Gasteiger partial charge in [0, 0.05) is 13.5 Å². The normalized spacial score (nSPS) is 19.4. The largest absolute Gasteiger partial charge is 0.494 e. The van der Waals surface area contributed by atoms with Gasteiger partial charge in [-0.3, -0.25) is 0 Å². The molecular formula is C12H14F2O2. The monoisotopic (exact) mass is 228 g/mol. The van der Waals surface area contributed by atoms with Crippen molar-refractivity contribution < 1.29 is 18.3 Å². The third-order valence-corrected chi connectivity index (χ3v) is 3.09. The second-order valence-corrected chi connectivity index (χ2v) is 3.94. The summed E-state index contributed by atoms with van der Waals surface area (Å²) in [6, 6.07) is 1.58. The molecule has 0 radical (unpaired) electrons. The summed E-state index contributed by atoms with van der Waals surface area (Å²) in [7, 11) is 2.93. The smallest absolute Gasteiger partial charge is 0.200 e. The second-order valence-electron chi connectivity index (χ2n) is 3.94. The van der Waals surface area contributed by atoms with Crippen LogP contribution in [0.4, 0.5) is 8.78 Å². The van der Waals surface area contributed by atoms with Crippen LogP contribution in [0.2, 0.25) is 0 Å². The van der Waals surface area contributed by atoms with Gasteiger partial charge in [0.05, 0.1) is 13.2 Å². The van der Waals surface area contributed by atoms with Crippen molar-refractivity contribution in [1.82, 2.24) is 0 Å². The topological polar surface area (TPSA) is 18.5 Å². The molecule has 0 N–H and O–H groups in total. The molecule has 1 aliphatic carbocycles. The summed E-state index contributed by atoms with van der Waals surface area (Å²) in [6.07, 6.45) is 1.94. The van der Waals surface area contributed by atoms with Crippen LogP contribution in [0.3, 0.4) is 0 Å². The highest BCUT2D eigenvalue weighted by atomic mass is 19.2. The SMILES string of the molecule is COc1cc2c(c(F)c1F)CC(OC)CC2. The Hall–Kier alpha value is -1.16. The number of aryl methyl sites for hydroxylation is 1. The van der Waals surface area contributed by atoms with E-state index in [4.69, 9.17) is 9.47 Å². The maximum atomic E-state index is 13.7. The standard InChI is InChI=1S/C12H14F2O2/c1-15-8-4-3-7-5-10(16-2)12(14)11(13)9(7)6-8/h5,8H,3-4,6H2,1-2H3. The number of benzene rings is 1. The van der Waals surface area contributed by atoms with E-state index in [1.54, 1.807) is 13.2 Å². The van der Waals surface area contributed by atoms with Crippen molar-refractivity contribution in [3.63, 3.8) is 0 Å². The molecule has 0 saturated heterocycles. The predicted octanol–water partition coefficient (Wildman–Crippen LogP) is 2.48. The highest BCUT2D eigenvalue weighted by Crippen LogP contribution is 2.31. The Morgan fingerprint density at radius 1 is 1.25 bits per heavy atom. The van der Waals surface area contributed by atoms with E-state index < -0.39 is 11.6 Å². The third kappa shape index (κ3) is 1.78. The van der Waals surface area contributed by atoms with E-state index in [2.05, 4.69) is 0 Å². The molecular weight excluding hydrogens is 214 g/mol. The lowest BCUT2D eigenvalue weighted by Gasteiger charge is -2.24. The highest BCUT2D eigenvalue weighted by molar-refractivity contribution is 5.40. The lowest BCUT2D eigenvalue weighted by molar-refractivity contribution is 0.0897. The Balaban J connectivity index is 2.45. The summed E-state index contributed by atoms with van der Waals surface area (Å²) >= 11 is 0. The Morgan fingerprint density at radius 2 is 2.00 bits per heavy atom. The van der Waals surface area contributed by atoms with Gasteiger partial charge in [-0.25, -0.2) is 4.39 Å². The summed E-state index contributed by atoms with van der Waals surface area (Å²) in [5.74, 6) is -1.72. The van der Waals surface area contributed by atoms with Gasteiger partial charge in [0.25, 0.3) is 0 Å². The number of hydrogen-bond donors (Lipinski definition) is 0. The van der Waals surface area contributed by atoms with E-state index in [9.17, 15) is 8.78 Å². The van der Waals surface area contributed by atoms with Crippen molar-refractivity contribution in [3.05, 3.63) is 28.8 Å². The van der Waals surface area contributed by atoms with E-state index in [1.807, 2.05) is 0 Å². The van der Waals surface area contributed by atoms with Gasteiger partial charge < -0.3 is 9.47 Å². The first-order valence-corrected chi connectivity index (χ1v) is 5.24. The van der Waals surface area contributed by atoms with E-state index in [0.29, 0.717) is 18.4 Å². The number of halogens is 2. The number of ether oxygens (including phenoxy) is 2. The first kappa shape index (κ1) is 11.3. The van der Waals surface area contributed by atoms with Crippen LogP contribution in [-0.4, -0.2) is 20.3 Å². The molecule has 4 heteroatoms. The van der Waals surface area contributed by atoms with Gasteiger partial charge in [-0.2, -0.15) is 4.39 Å². The molecule has 0 aliphatic heterocycles. The zero-order chi connectivity index (χ0) is 11.7. The summed E-state index contributed by atoms with van der Waals surface area (Å²) in [4.78, 5) is 0. The zero-order valence-electron chi connectivity index (χ0n) is 9.35. The summed E-state index contributed by atoms with van der Waals surface area (Å²) in [5, 5.41) is 0. The van der Waals surface area contributed by atoms with Gasteiger partial charge in [0.2, 0.25) is 5.82 Å². The minimum absolute atomic E-state index is 0.0187. The third-order valence-electron chi connectivity index (χ3n) is 3.09. The van der Waals surface area contributed by atoms with Crippen LogP contribution < -0.4 is 4.74 Å². The first-order valence-electron chi connectivity index (χ1n) is 5.24. The van der Waals surface area contributed by atoms with Crippen molar-refractivity contribution >= 4 is 0 Å². The fraction of sp³-hybridized carbons (Fsp3) is 0.500. The van der Waals surface area contributed by atoms with Crippen molar-refractivity contribution in [3.8, 4) is 5.75 Å². The summed E-state index contributed by atoms with van der Waals surface area (Å²) in [6.45, 7) is 0. The maximum absolute atomic E-state index is 13.7. The molecule has 1 aromatic rings. The quantitative estimate of drug-likeness (QED) is 0.774. The summed E-state index contributed by atoms with van der Waals surface area (Å²) < 4.78 is 37.2. The molecule has 1 aromatic carbocycles. The Labute approximate surface area is 93.2 Å². The van der Waals surface area contributed by atoms with E-state index in [-0.39, 0.29) is 11.9 Å². The Bertz CT molecular complexity index is 404.